The van der Waals surface area contributed by atoms with Crippen molar-refractivity contribution in [1.29, 1.82) is 0 Å². The Morgan fingerprint density at radius 3 is 2.44 bits per heavy atom. The summed E-state index contributed by atoms with van der Waals surface area (Å²) < 4.78 is 25.3. The van der Waals surface area contributed by atoms with E-state index in [1.807, 2.05) is 0 Å². The number of fused-ring (bicyclic) bond motifs is 1. The summed E-state index contributed by atoms with van der Waals surface area (Å²) in [5.41, 5.74) is -0.711. The van der Waals surface area contributed by atoms with Gasteiger partial charge in [0.15, 0.2) is 0 Å². The topological polar surface area (TPSA) is 187 Å². The summed E-state index contributed by atoms with van der Waals surface area (Å²) in [7, 11) is -4.91. The summed E-state index contributed by atoms with van der Waals surface area (Å²) in [5.74, 6) is -2.58. The minimum absolute atomic E-state index is 0.0628. The molecular formula is C15H17O11P. The largest absolute Gasteiger partial charge is 0.469 e. The molecule has 11 nitrogen and oxygen atoms in total. The minimum Gasteiger partial charge on any atom is -0.423 e. The molecule has 0 bridgehead atoms. The van der Waals surface area contributed by atoms with E-state index in [9.17, 15) is 29.8 Å². The van der Waals surface area contributed by atoms with Gasteiger partial charge in [0.2, 0.25) is 5.79 Å². The molecule has 0 radical (unpaired) electrons. The summed E-state index contributed by atoms with van der Waals surface area (Å²) in [6.45, 7) is -0.875. The maximum atomic E-state index is 11.4. The van der Waals surface area contributed by atoms with Gasteiger partial charge in [0.05, 0.1) is 6.61 Å². The van der Waals surface area contributed by atoms with E-state index < -0.39 is 50.3 Å². The molecule has 0 spiro atoms. The van der Waals surface area contributed by atoms with Gasteiger partial charge >= 0.3 is 13.4 Å². The standard InChI is InChI=1S/C15H17O11P/c16-11-4-2-7-1-3-8(5-9(7)25-11)15(20)14(19)13(18)12(17)10(26-15)6-24-27(21,22)23/h1-5,10,12-14,17-20H,6H2,(H2,21,22,23)/t10-,12+,13+,14-,15-/m1/s1. The third-order valence-electron chi connectivity index (χ3n) is 4.23. The fourth-order valence-electron chi connectivity index (χ4n) is 2.83. The quantitative estimate of drug-likeness (QED) is 0.258. The van der Waals surface area contributed by atoms with E-state index in [0.717, 1.165) is 0 Å². The molecule has 1 fully saturated rings. The van der Waals surface area contributed by atoms with E-state index in [-0.39, 0.29) is 11.1 Å². The smallest absolute Gasteiger partial charge is 0.423 e. The van der Waals surface area contributed by atoms with E-state index >= 15 is 0 Å². The molecule has 2 aromatic rings. The van der Waals surface area contributed by atoms with Crippen molar-refractivity contribution in [2.24, 2.45) is 0 Å². The molecule has 5 atom stereocenters. The third-order valence-corrected chi connectivity index (χ3v) is 4.72. The predicted molar refractivity (Wildman–Crippen MR) is 87.3 cm³/mol. The number of hydrogen-bond donors (Lipinski definition) is 6. The lowest BCUT2D eigenvalue weighted by Gasteiger charge is -2.45. The summed E-state index contributed by atoms with van der Waals surface area (Å²) in [5, 5.41) is 41.5. The highest BCUT2D eigenvalue weighted by atomic mass is 31.2. The van der Waals surface area contributed by atoms with Crippen molar-refractivity contribution in [3.8, 4) is 0 Å². The van der Waals surface area contributed by atoms with Gasteiger partial charge in [-0.1, -0.05) is 12.1 Å². The molecule has 0 saturated carbocycles. The zero-order valence-electron chi connectivity index (χ0n) is 13.6. The molecule has 0 aliphatic carbocycles. The van der Waals surface area contributed by atoms with Crippen LogP contribution in [-0.4, -0.2) is 61.2 Å². The molecule has 0 unspecified atom stereocenters. The van der Waals surface area contributed by atoms with Crippen LogP contribution in [0.2, 0.25) is 0 Å². The average molecular weight is 404 g/mol. The van der Waals surface area contributed by atoms with Gasteiger partial charge in [0.1, 0.15) is 30.0 Å². The van der Waals surface area contributed by atoms with Gasteiger partial charge < -0.3 is 39.4 Å². The first-order valence-electron chi connectivity index (χ1n) is 7.70. The molecule has 1 aliphatic rings. The Hall–Kier alpha value is -1.66. The second-order valence-corrected chi connectivity index (χ2v) is 7.31. The van der Waals surface area contributed by atoms with Crippen molar-refractivity contribution in [2.75, 3.05) is 6.61 Å². The molecule has 3 rings (SSSR count). The summed E-state index contributed by atoms with van der Waals surface area (Å²) in [6.07, 6.45) is -7.33. The molecular weight excluding hydrogens is 387 g/mol. The number of phosphoric ester groups is 1. The number of phosphoric acid groups is 1. The summed E-state index contributed by atoms with van der Waals surface area (Å²) in [4.78, 5) is 28.9. The number of aliphatic hydroxyl groups is 4. The highest BCUT2D eigenvalue weighted by Crippen LogP contribution is 2.40. The van der Waals surface area contributed by atoms with Crippen LogP contribution in [0.25, 0.3) is 11.0 Å². The Kier molecular flexibility index (Phi) is 5.25. The molecule has 1 saturated heterocycles. The number of hydrogen-bond acceptors (Lipinski definition) is 9. The van der Waals surface area contributed by atoms with Crippen LogP contribution in [0.15, 0.2) is 39.5 Å². The normalized spacial score (nSPS) is 31.9. The molecule has 1 aromatic heterocycles. The number of rotatable bonds is 4. The molecule has 148 valence electrons. The molecule has 6 N–H and O–H groups in total. The van der Waals surface area contributed by atoms with Gasteiger partial charge in [0, 0.05) is 17.0 Å². The number of ether oxygens (including phenoxy) is 1. The van der Waals surface area contributed by atoms with Crippen LogP contribution >= 0.6 is 7.82 Å². The van der Waals surface area contributed by atoms with Gasteiger partial charge in [-0.05, 0) is 12.1 Å². The first-order valence-corrected chi connectivity index (χ1v) is 9.23. The molecule has 0 amide bonds. The summed E-state index contributed by atoms with van der Waals surface area (Å²) >= 11 is 0. The fraction of sp³-hybridized carbons (Fsp3) is 0.400. The van der Waals surface area contributed by atoms with Gasteiger partial charge in [0.25, 0.3) is 0 Å². The van der Waals surface area contributed by atoms with Crippen LogP contribution in [-0.2, 0) is 19.6 Å². The minimum atomic E-state index is -4.91. The second kappa shape index (κ2) is 7.06. The van der Waals surface area contributed by atoms with Gasteiger partial charge in [-0.2, -0.15) is 0 Å². The molecule has 12 heteroatoms. The number of aliphatic hydroxyl groups excluding tert-OH is 3. The van der Waals surface area contributed by atoms with Gasteiger partial charge in [-0.15, -0.1) is 0 Å². The van der Waals surface area contributed by atoms with Crippen LogP contribution in [0.4, 0.5) is 0 Å². The zero-order valence-corrected chi connectivity index (χ0v) is 14.5. The maximum Gasteiger partial charge on any atom is 0.469 e. The van der Waals surface area contributed by atoms with Gasteiger partial charge in [-0.25, -0.2) is 9.36 Å². The van der Waals surface area contributed by atoms with Crippen molar-refractivity contribution in [3.63, 3.8) is 0 Å². The molecule has 1 aliphatic heterocycles. The SMILES string of the molecule is O=c1ccc2ccc([C@@]3(O)O[C@H](COP(=O)(O)O)[C@H](O)[C@H](O)[C@H]3O)cc2o1. The van der Waals surface area contributed by atoms with Crippen LogP contribution in [0.5, 0.6) is 0 Å². The lowest BCUT2D eigenvalue weighted by Crippen LogP contribution is -2.63. The van der Waals surface area contributed by atoms with E-state index in [1.54, 1.807) is 0 Å². The van der Waals surface area contributed by atoms with Gasteiger partial charge in [-0.3, -0.25) is 4.52 Å². The Morgan fingerprint density at radius 2 is 1.78 bits per heavy atom. The van der Waals surface area contributed by atoms with Crippen molar-refractivity contribution >= 4 is 18.8 Å². The predicted octanol–water partition coefficient (Wildman–Crippen LogP) is -1.47. The van der Waals surface area contributed by atoms with Crippen LogP contribution in [0.3, 0.4) is 0 Å². The van der Waals surface area contributed by atoms with Crippen LogP contribution in [0, 0.1) is 0 Å². The Morgan fingerprint density at radius 1 is 1.11 bits per heavy atom. The lowest BCUT2D eigenvalue weighted by molar-refractivity contribution is -0.357. The van der Waals surface area contributed by atoms with Crippen molar-refractivity contribution in [3.05, 3.63) is 46.3 Å². The van der Waals surface area contributed by atoms with Crippen LogP contribution in [0.1, 0.15) is 5.56 Å². The van der Waals surface area contributed by atoms with Crippen molar-refractivity contribution in [2.45, 2.75) is 30.2 Å². The average Bonchev–Trinajstić information content (AvgIpc) is 2.60. The van der Waals surface area contributed by atoms with Crippen molar-refractivity contribution in [1.82, 2.24) is 0 Å². The first kappa shape index (κ1) is 20.1. The van der Waals surface area contributed by atoms with E-state index in [2.05, 4.69) is 4.52 Å². The fourth-order valence-corrected chi connectivity index (χ4v) is 3.17. The summed E-state index contributed by atoms with van der Waals surface area (Å²) in [6, 6.07) is 6.66. The van der Waals surface area contributed by atoms with Crippen molar-refractivity contribution < 1.29 is 48.5 Å². The number of benzene rings is 1. The lowest BCUT2D eigenvalue weighted by atomic mass is 9.88. The second-order valence-electron chi connectivity index (χ2n) is 6.07. The Balaban J connectivity index is 1.98. The molecule has 1 aromatic carbocycles. The van der Waals surface area contributed by atoms with E-state index in [0.29, 0.717) is 5.39 Å². The monoisotopic (exact) mass is 404 g/mol. The first-order chi connectivity index (χ1) is 12.5. The Labute approximate surface area is 151 Å². The Bertz CT molecular complexity index is 937. The molecule has 27 heavy (non-hydrogen) atoms. The van der Waals surface area contributed by atoms with E-state index in [4.69, 9.17) is 18.9 Å². The maximum absolute atomic E-state index is 11.4. The molecule has 2 heterocycles. The zero-order chi connectivity index (χ0) is 20.0. The van der Waals surface area contributed by atoms with Crippen LogP contribution < -0.4 is 5.63 Å². The highest BCUT2D eigenvalue weighted by Gasteiger charge is 2.54. The van der Waals surface area contributed by atoms with E-state index in [1.165, 1.54) is 30.3 Å². The third kappa shape index (κ3) is 3.97. The highest BCUT2D eigenvalue weighted by molar-refractivity contribution is 7.46.